The van der Waals surface area contributed by atoms with Crippen molar-refractivity contribution in [1.29, 1.82) is 0 Å². The minimum atomic E-state index is -3.44. The summed E-state index contributed by atoms with van der Waals surface area (Å²) < 4.78 is 26.7. The molecule has 7 heteroatoms. The number of sulfonamides is 1. The van der Waals surface area contributed by atoms with Gasteiger partial charge in [0, 0.05) is 37.0 Å². The minimum Gasteiger partial charge on any atom is -0.302 e. The van der Waals surface area contributed by atoms with E-state index in [9.17, 15) is 8.42 Å². The van der Waals surface area contributed by atoms with Crippen LogP contribution in [0.5, 0.6) is 0 Å². The molecule has 0 atom stereocenters. The molecule has 0 N–H and O–H groups in total. The summed E-state index contributed by atoms with van der Waals surface area (Å²) in [6.45, 7) is 3.45. The molecule has 1 aliphatic heterocycles. The standard InChI is InChI=1S/C12H18BrN3O2S/c1-15(6-7-16-4-2-3-5-16)19(17,18)12-8-11(13)9-14-10-12/h8-10H,2-7H2,1H3. The second kappa shape index (κ2) is 6.30. The lowest BCUT2D eigenvalue weighted by atomic mass is 10.4. The Morgan fingerprint density at radius 1 is 1.37 bits per heavy atom. The Kier molecular flexibility index (Phi) is 4.94. The summed E-state index contributed by atoms with van der Waals surface area (Å²) in [5.74, 6) is 0. The fourth-order valence-corrected chi connectivity index (χ4v) is 3.79. The number of pyridine rings is 1. The Morgan fingerprint density at radius 2 is 2.05 bits per heavy atom. The first-order chi connectivity index (χ1) is 9.00. The van der Waals surface area contributed by atoms with Crippen molar-refractivity contribution in [3.05, 3.63) is 22.9 Å². The highest BCUT2D eigenvalue weighted by atomic mass is 79.9. The number of nitrogens with zero attached hydrogens (tertiary/aromatic N) is 3. The highest BCUT2D eigenvalue weighted by molar-refractivity contribution is 9.10. The Hall–Kier alpha value is -0.500. The number of aromatic nitrogens is 1. The summed E-state index contributed by atoms with van der Waals surface area (Å²) in [5.41, 5.74) is 0. The van der Waals surface area contributed by atoms with E-state index in [1.54, 1.807) is 19.3 Å². The van der Waals surface area contributed by atoms with Crippen LogP contribution < -0.4 is 0 Å². The molecule has 0 amide bonds. The predicted molar refractivity (Wildman–Crippen MR) is 77.4 cm³/mol. The molecule has 19 heavy (non-hydrogen) atoms. The molecular formula is C12H18BrN3O2S. The Bertz CT molecular complexity index is 530. The van der Waals surface area contributed by atoms with Crippen LogP contribution in [-0.2, 0) is 10.0 Å². The Morgan fingerprint density at radius 3 is 2.68 bits per heavy atom. The van der Waals surface area contributed by atoms with Crippen molar-refractivity contribution in [2.75, 3.05) is 33.2 Å². The van der Waals surface area contributed by atoms with Crippen LogP contribution in [0.2, 0.25) is 0 Å². The van der Waals surface area contributed by atoms with Crippen LogP contribution in [0.25, 0.3) is 0 Å². The van der Waals surface area contributed by atoms with Crippen LogP contribution in [0.3, 0.4) is 0 Å². The third-order valence-corrected chi connectivity index (χ3v) is 5.57. The van der Waals surface area contributed by atoms with Gasteiger partial charge in [-0.2, -0.15) is 4.31 Å². The van der Waals surface area contributed by atoms with E-state index < -0.39 is 10.0 Å². The van der Waals surface area contributed by atoms with Crippen molar-refractivity contribution >= 4 is 26.0 Å². The molecule has 0 aliphatic carbocycles. The van der Waals surface area contributed by atoms with Crippen molar-refractivity contribution in [2.24, 2.45) is 0 Å². The van der Waals surface area contributed by atoms with Crippen LogP contribution >= 0.6 is 15.9 Å². The van der Waals surface area contributed by atoms with Gasteiger partial charge in [-0.25, -0.2) is 8.42 Å². The monoisotopic (exact) mass is 347 g/mol. The van der Waals surface area contributed by atoms with Crippen LogP contribution in [0.15, 0.2) is 27.8 Å². The lowest BCUT2D eigenvalue weighted by Crippen LogP contribution is -2.35. The van der Waals surface area contributed by atoms with E-state index in [1.165, 1.54) is 23.3 Å². The number of hydrogen-bond donors (Lipinski definition) is 0. The van der Waals surface area contributed by atoms with Crippen molar-refractivity contribution in [3.8, 4) is 0 Å². The van der Waals surface area contributed by atoms with E-state index in [0.29, 0.717) is 11.0 Å². The maximum absolute atomic E-state index is 12.3. The zero-order valence-electron chi connectivity index (χ0n) is 10.9. The molecule has 5 nitrogen and oxygen atoms in total. The van der Waals surface area contributed by atoms with Gasteiger partial charge in [0.05, 0.1) is 0 Å². The molecule has 1 aromatic rings. The van der Waals surface area contributed by atoms with Gasteiger partial charge in [0.15, 0.2) is 0 Å². The number of rotatable bonds is 5. The average Bonchev–Trinajstić information content (AvgIpc) is 2.89. The molecule has 2 heterocycles. The van der Waals surface area contributed by atoms with Crippen LogP contribution in [-0.4, -0.2) is 55.8 Å². The second-order valence-electron chi connectivity index (χ2n) is 4.71. The Balaban J connectivity index is 2.02. The molecule has 1 aromatic heterocycles. The highest BCUT2D eigenvalue weighted by Crippen LogP contribution is 2.17. The molecule has 106 valence electrons. The Labute approximate surface area is 122 Å². The molecule has 1 aliphatic rings. The fourth-order valence-electron chi connectivity index (χ4n) is 2.12. The smallest absolute Gasteiger partial charge is 0.244 e. The van der Waals surface area contributed by atoms with E-state index in [4.69, 9.17) is 0 Å². The third-order valence-electron chi connectivity index (χ3n) is 3.32. The molecule has 1 fully saturated rings. The van der Waals surface area contributed by atoms with Gasteiger partial charge < -0.3 is 4.90 Å². The second-order valence-corrected chi connectivity index (χ2v) is 7.67. The maximum atomic E-state index is 12.3. The number of halogens is 1. The quantitative estimate of drug-likeness (QED) is 0.811. The van der Waals surface area contributed by atoms with Gasteiger partial charge in [0.2, 0.25) is 10.0 Å². The first-order valence-corrected chi connectivity index (χ1v) is 8.53. The van der Waals surface area contributed by atoms with Gasteiger partial charge in [-0.3, -0.25) is 4.98 Å². The molecule has 0 unspecified atom stereocenters. The predicted octanol–water partition coefficient (Wildman–Crippen LogP) is 1.56. The molecule has 2 rings (SSSR count). The number of likely N-dealkylation sites (N-methyl/N-ethyl adjacent to an activating group) is 1. The largest absolute Gasteiger partial charge is 0.302 e. The first kappa shape index (κ1) is 14.9. The van der Waals surface area contributed by atoms with E-state index in [0.717, 1.165) is 19.6 Å². The van der Waals surface area contributed by atoms with Crippen LogP contribution in [0, 0.1) is 0 Å². The normalized spacial score (nSPS) is 17.2. The van der Waals surface area contributed by atoms with Crippen LogP contribution in [0.4, 0.5) is 0 Å². The topological polar surface area (TPSA) is 53.5 Å². The van der Waals surface area contributed by atoms with Crippen LogP contribution in [0.1, 0.15) is 12.8 Å². The minimum absolute atomic E-state index is 0.228. The van der Waals surface area contributed by atoms with Crippen molar-refractivity contribution in [3.63, 3.8) is 0 Å². The van der Waals surface area contributed by atoms with E-state index in [-0.39, 0.29) is 4.90 Å². The molecule has 1 saturated heterocycles. The maximum Gasteiger partial charge on any atom is 0.244 e. The average molecular weight is 348 g/mol. The summed E-state index contributed by atoms with van der Waals surface area (Å²) in [7, 11) is -1.82. The molecule has 0 aromatic carbocycles. The lowest BCUT2D eigenvalue weighted by molar-refractivity contribution is 0.310. The summed E-state index contributed by atoms with van der Waals surface area (Å²) in [5, 5.41) is 0. The molecule has 0 saturated carbocycles. The number of hydrogen-bond acceptors (Lipinski definition) is 4. The van der Waals surface area contributed by atoms with Gasteiger partial charge >= 0.3 is 0 Å². The lowest BCUT2D eigenvalue weighted by Gasteiger charge is -2.21. The van der Waals surface area contributed by atoms with Gasteiger partial charge in [0.25, 0.3) is 0 Å². The fraction of sp³-hybridized carbons (Fsp3) is 0.583. The summed E-state index contributed by atoms with van der Waals surface area (Å²) in [6, 6.07) is 1.58. The number of likely N-dealkylation sites (tertiary alicyclic amines) is 1. The zero-order chi connectivity index (χ0) is 13.9. The SMILES string of the molecule is CN(CCN1CCCC1)S(=O)(=O)c1cncc(Br)c1. The molecule has 0 radical (unpaired) electrons. The van der Waals surface area contributed by atoms with Gasteiger partial charge in [0.1, 0.15) is 4.90 Å². The molecule has 0 spiro atoms. The van der Waals surface area contributed by atoms with Crippen molar-refractivity contribution < 1.29 is 8.42 Å². The van der Waals surface area contributed by atoms with E-state index in [2.05, 4.69) is 25.8 Å². The van der Waals surface area contributed by atoms with E-state index in [1.807, 2.05) is 0 Å². The third kappa shape index (κ3) is 3.75. The molecule has 0 bridgehead atoms. The zero-order valence-corrected chi connectivity index (χ0v) is 13.3. The van der Waals surface area contributed by atoms with Crippen molar-refractivity contribution in [2.45, 2.75) is 17.7 Å². The summed E-state index contributed by atoms with van der Waals surface area (Å²) in [4.78, 5) is 6.43. The summed E-state index contributed by atoms with van der Waals surface area (Å²) >= 11 is 3.24. The van der Waals surface area contributed by atoms with Gasteiger partial charge in [-0.05, 0) is 47.9 Å². The van der Waals surface area contributed by atoms with Crippen molar-refractivity contribution in [1.82, 2.24) is 14.2 Å². The van der Waals surface area contributed by atoms with Gasteiger partial charge in [-0.15, -0.1) is 0 Å². The molecular weight excluding hydrogens is 330 g/mol. The van der Waals surface area contributed by atoms with E-state index >= 15 is 0 Å². The summed E-state index contributed by atoms with van der Waals surface area (Å²) in [6.07, 6.45) is 5.38. The highest BCUT2D eigenvalue weighted by Gasteiger charge is 2.22. The first-order valence-electron chi connectivity index (χ1n) is 6.29. The van der Waals surface area contributed by atoms with Gasteiger partial charge in [-0.1, -0.05) is 0 Å².